The van der Waals surface area contributed by atoms with Gasteiger partial charge >= 0.3 is 6.03 Å². The van der Waals surface area contributed by atoms with Crippen molar-refractivity contribution < 1.29 is 13.2 Å². The fourth-order valence-electron chi connectivity index (χ4n) is 2.85. The fourth-order valence-corrected chi connectivity index (χ4v) is 3.29. The maximum Gasteiger partial charge on any atom is 0.318 e. The Kier molecular flexibility index (Phi) is 5.82. The molecule has 2 rings (SSSR count). The average Bonchev–Trinajstić information content (AvgIpc) is 2.51. The first-order chi connectivity index (χ1) is 10.9. The van der Waals surface area contributed by atoms with E-state index < -0.39 is 9.84 Å². The summed E-state index contributed by atoms with van der Waals surface area (Å²) < 4.78 is 22.1. The van der Waals surface area contributed by atoms with Crippen LogP contribution in [-0.2, 0) is 9.84 Å². The van der Waals surface area contributed by atoms with Crippen LogP contribution in [0.15, 0.2) is 41.8 Å². The minimum atomic E-state index is -3.15. The number of rotatable bonds is 4. The Morgan fingerprint density at radius 2 is 2.04 bits per heavy atom. The van der Waals surface area contributed by atoms with Crippen LogP contribution in [0.2, 0.25) is 0 Å². The molecule has 23 heavy (non-hydrogen) atoms. The molecule has 0 aromatic heterocycles. The maximum atomic E-state index is 12.4. The molecule has 1 saturated heterocycles. The standard InChI is InChI=1S/C17H24N2O3S/c1-14-9-11-19(16(13-14)15-7-4-3-5-8-15)17(20)18-10-6-12-23(2,21)22/h3-8,12,14,16H,9-11,13H2,1-2H3,(H,18,20)/b12-6+/t14-,16-/m0/s1. The second kappa shape index (κ2) is 7.64. The summed E-state index contributed by atoms with van der Waals surface area (Å²) in [5.41, 5.74) is 1.14. The van der Waals surface area contributed by atoms with E-state index in [9.17, 15) is 13.2 Å². The first kappa shape index (κ1) is 17.5. The Morgan fingerprint density at radius 3 is 2.70 bits per heavy atom. The van der Waals surface area contributed by atoms with Crippen molar-refractivity contribution in [1.29, 1.82) is 0 Å². The van der Waals surface area contributed by atoms with E-state index in [1.165, 1.54) is 6.08 Å². The van der Waals surface area contributed by atoms with Crippen LogP contribution in [0.25, 0.3) is 0 Å². The van der Waals surface area contributed by atoms with E-state index in [-0.39, 0.29) is 18.6 Å². The minimum absolute atomic E-state index is 0.0684. The van der Waals surface area contributed by atoms with Gasteiger partial charge in [0.25, 0.3) is 0 Å². The molecule has 0 unspecified atom stereocenters. The summed E-state index contributed by atoms with van der Waals surface area (Å²) in [6.07, 6.45) is 4.51. The summed E-state index contributed by atoms with van der Waals surface area (Å²) in [6.45, 7) is 3.13. The summed E-state index contributed by atoms with van der Waals surface area (Å²) in [5, 5.41) is 3.89. The highest BCUT2D eigenvalue weighted by molar-refractivity contribution is 7.93. The highest BCUT2D eigenvalue weighted by Gasteiger charge is 2.30. The number of nitrogens with one attached hydrogen (secondary N) is 1. The van der Waals surface area contributed by atoms with Crippen LogP contribution >= 0.6 is 0 Å². The zero-order chi connectivity index (χ0) is 16.9. The highest BCUT2D eigenvalue weighted by atomic mass is 32.2. The van der Waals surface area contributed by atoms with E-state index in [2.05, 4.69) is 12.2 Å². The van der Waals surface area contributed by atoms with Crippen LogP contribution in [0.5, 0.6) is 0 Å². The number of hydrogen-bond acceptors (Lipinski definition) is 3. The lowest BCUT2D eigenvalue weighted by Crippen LogP contribution is -2.46. The van der Waals surface area contributed by atoms with Gasteiger partial charge in [0.1, 0.15) is 0 Å². The molecular formula is C17H24N2O3S. The summed E-state index contributed by atoms with van der Waals surface area (Å²) in [5.74, 6) is 0.578. The van der Waals surface area contributed by atoms with Crippen molar-refractivity contribution >= 4 is 15.9 Å². The number of benzene rings is 1. The summed E-state index contributed by atoms with van der Waals surface area (Å²) in [7, 11) is -3.15. The Morgan fingerprint density at radius 1 is 1.35 bits per heavy atom. The van der Waals surface area contributed by atoms with E-state index in [1.54, 1.807) is 0 Å². The quantitative estimate of drug-likeness (QED) is 0.919. The van der Waals surface area contributed by atoms with Crippen LogP contribution < -0.4 is 5.32 Å². The van der Waals surface area contributed by atoms with Crippen LogP contribution in [0.3, 0.4) is 0 Å². The number of hydrogen-bond donors (Lipinski definition) is 1. The molecule has 0 saturated carbocycles. The van der Waals surface area contributed by atoms with E-state index >= 15 is 0 Å². The zero-order valence-electron chi connectivity index (χ0n) is 13.6. The molecule has 0 radical (unpaired) electrons. The lowest BCUT2D eigenvalue weighted by molar-refractivity contribution is 0.132. The molecule has 0 aliphatic carbocycles. The van der Waals surface area contributed by atoms with E-state index in [0.29, 0.717) is 12.5 Å². The molecule has 0 bridgehead atoms. The van der Waals surface area contributed by atoms with Gasteiger partial charge < -0.3 is 10.2 Å². The Hall–Kier alpha value is -1.82. The van der Waals surface area contributed by atoms with Gasteiger partial charge in [-0.3, -0.25) is 0 Å². The fraction of sp³-hybridized carbons (Fsp3) is 0.471. The molecular weight excluding hydrogens is 312 g/mol. The van der Waals surface area contributed by atoms with Crippen molar-refractivity contribution in [2.75, 3.05) is 19.3 Å². The Balaban J connectivity index is 2.03. The second-order valence-electron chi connectivity index (χ2n) is 6.14. The highest BCUT2D eigenvalue weighted by Crippen LogP contribution is 2.33. The molecule has 1 heterocycles. The van der Waals surface area contributed by atoms with Gasteiger partial charge in [0, 0.05) is 24.8 Å². The third-order valence-electron chi connectivity index (χ3n) is 4.02. The van der Waals surface area contributed by atoms with Gasteiger partial charge in [-0.05, 0) is 24.3 Å². The number of sulfone groups is 1. The maximum absolute atomic E-state index is 12.4. The number of piperidine rings is 1. The Bertz CT molecular complexity index is 656. The molecule has 2 atom stereocenters. The first-order valence-corrected chi connectivity index (χ1v) is 9.78. The SMILES string of the molecule is C[C@H]1CCN(C(=O)NC/C=C/S(C)(=O)=O)[C@H](c2ccccc2)C1. The van der Waals surface area contributed by atoms with Crippen molar-refractivity contribution in [1.82, 2.24) is 10.2 Å². The molecule has 1 fully saturated rings. The average molecular weight is 336 g/mol. The molecule has 1 N–H and O–H groups in total. The largest absolute Gasteiger partial charge is 0.334 e. The number of carbonyl (C=O) groups excluding carboxylic acids is 1. The van der Waals surface area contributed by atoms with Gasteiger partial charge in [-0.25, -0.2) is 13.2 Å². The lowest BCUT2D eigenvalue weighted by atomic mass is 9.88. The summed E-state index contributed by atoms with van der Waals surface area (Å²) in [4.78, 5) is 14.3. The van der Waals surface area contributed by atoms with Crippen LogP contribution in [-0.4, -0.2) is 38.7 Å². The predicted octanol–water partition coefficient (Wildman–Crippen LogP) is 2.73. The summed E-state index contributed by atoms with van der Waals surface area (Å²) in [6, 6.07) is 9.96. The molecule has 6 heteroatoms. The smallest absolute Gasteiger partial charge is 0.318 e. The van der Waals surface area contributed by atoms with Crippen molar-refractivity contribution in [3.8, 4) is 0 Å². The molecule has 1 aromatic carbocycles. The molecule has 5 nitrogen and oxygen atoms in total. The third kappa shape index (κ3) is 5.39. The third-order valence-corrected chi connectivity index (χ3v) is 4.71. The summed E-state index contributed by atoms with van der Waals surface area (Å²) >= 11 is 0. The van der Waals surface area contributed by atoms with Gasteiger partial charge in [-0.15, -0.1) is 0 Å². The van der Waals surface area contributed by atoms with Crippen LogP contribution in [0, 0.1) is 5.92 Å². The number of nitrogens with zero attached hydrogens (tertiary/aromatic N) is 1. The number of urea groups is 1. The van der Waals surface area contributed by atoms with E-state index in [1.807, 2.05) is 35.2 Å². The minimum Gasteiger partial charge on any atom is -0.334 e. The number of likely N-dealkylation sites (tertiary alicyclic amines) is 1. The van der Waals surface area contributed by atoms with Gasteiger partial charge in [0.15, 0.2) is 9.84 Å². The van der Waals surface area contributed by atoms with Crippen molar-refractivity contribution in [3.63, 3.8) is 0 Å². The van der Waals surface area contributed by atoms with Crippen molar-refractivity contribution in [2.45, 2.75) is 25.8 Å². The van der Waals surface area contributed by atoms with Gasteiger partial charge in [0.05, 0.1) is 6.04 Å². The Labute approximate surface area is 138 Å². The van der Waals surface area contributed by atoms with Crippen LogP contribution in [0.1, 0.15) is 31.4 Å². The molecule has 126 valence electrons. The normalized spacial score (nSPS) is 22.3. The van der Waals surface area contributed by atoms with Crippen LogP contribution in [0.4, 0.5) is 4.79 Å². The second-order valence-corrected chi connectivity index (χ2v) is 8.07. The lowest BCUT2D eigenvalue weighted by Gasteiger charge is -2.38. The molecule has 2 amide bonds. The topological polar surface area (TPSA) is 66.5 Å². The number of amides is 2. The van der Waals surface area contributed by atoms with Gasteiger partial charge in [0.2, 0.25) is 0 Å². The molecule has 1 aliphatic heterocycles. The van der Waals surface area contributed by atoms with Crippen molar-refractivity contribution in [3.05, 3.63) is 47.4 Å². The van der Waals surface area contributed by atoms with E-state index in [0.717, 1.165) is 30.1 Å². The molecule has 1 aromatic rings. The van der Waals surface area contributed by atoms with E-state index in [4.69, 9.17) is 0 Å². The molecule has 1 aliphatic rings. The molecule has 0 spiro atoms. The number of carbonyl (C=O) groups is 1. The van der Waals surface area contributed by atoms with Crippen molar-refractivity contribution in [2.24, 2.45) is 5.92 Å². The predicted molar refractivity (Wildman–Crippen MR) is 91.7 cm³/mol. The van der Waals surface area contributed by atoms with Gasteiger partial charge in [-0.2, -0.15) is 0 Å². The zero-order valence-corrected chi connectivity index (χ0v) is 14.4. The first-order valence-electron chi connectivity index (χ1n) is 7.83. The van der Waals surface area contributed by atoms with Gasteiger partial charge in [-0.1, -0.05) is 43.3 Å². The monoisotopic (exact) mass is 336 g/mol.